The molecule has 2 atom stereocenters. The van der Waals surface area contributed by atoms with Crippen molar-refractivity contribution in [3.05, 3.63) is 0 Å². The van der Waals surface area contributed by atoms with Crippen LogP contribution in [0.5, 0.6) is 0 Å². The quantitative estimate of drug-likeness (QED) is 0.715. The average Bonchev–Trinajstić information content (AvgIpc) is 2.08. The van der Waals surface area contributed by atoms with E-state index in [0.29, 0.717) is 0 Å². The Bertz CT molecular complexity index is 310. The molecule has 0 fully saturated rings. The maximum absolute atomic E-state index is 11.3. The molecule has 6 nitrogen and oxygen atoms in total. The van der Waals surface area contributed by atoms with E-state index in [9.17, 15) is 18.9 Å². The molecule has 0 rings (SSSR count). The minimum absolute atomic E-state index is 0.0463. The zero-order valence-electron chi connectivity index (χ0n) is 10.4. The molecule has 0 aromatic rings. The van der Waals surface area contributed by atoms with Crippen molar-refractivity contribution in [1.29, 1.82) is 0 Å². The van der Waals surface area contributed by atoms with E-state index >= 15 is 0 Å². The van der Waals surface area contributed by atoms with Crippen LogP contribution < -0.4 is 10.4 Å². The number of carboxylic acids is 1. The molecule has 0 spiro atoms. The van der Waals surface area contributed by atoms with Crippen LogP contribution in [0, 0.1) is 0 Å². The van der Waals surface area contributed by atoms with Crippen LogP contribution in [0.15, 0.2) is 0 Å². The molecule has 0 saturated carbocycles. The maximum Gasteiger partial charge on any atom is 0.408 e. The van der Waals surface area contributed by atoms with Gasteiger partial charge in [-0.1, -0.05) is 0 Å². The third kappa shape index (κ3) is 8.67. The van der Waals surface area contributed by atoms with Gasteiger partial charge in [-0.25, -0.2) is 4.79 Å². The molecule has 0 saturated heterocycles. The SMILES string of the molecule is C[S@@](=O)CC[C@H](NC(=O)OC(C)(C)C)C(=O)[O-]. The molecule has 17 heavy (non-hydrogen) atoms. The lowest BCUT2D eigenvalue weighted by atomic mass is 10.2. The van der Waals surface area contributed by atoms with Crippen molar-refractivity contribution < 1.29 is 23.6 Å². The van der Waals surface area contributed by atoms with Crippen molar-refractivity contribution in [3.63, 3.8) is 0 Å². The van der Waals surface area contributed by atoms with E-state index in [-0.39, 0.29) is 12.2 Å². The van der Waals surface area contributed by atoms with Crippen LogP contribution in [0.3, 0.4) is 0 Å². The van der Waals surface area contributed by atoms with Gasteiger partial charge in [-0.05, 0) is 27.2 Å². The standard InChI is InChI=1S/C10H19NO5S/c1-10(2,3)16-9(14)11-7(8(12)13)5-6-17(4)15/h7H,5-6H2,1-4H3,(H,11,14)(H,12,13)/p-1/t7-,17+/m0/s1. The van der Waals surface area contributed by atoms with Gasteiger partial charge in [0, 0.05) is 22.8 Å². The van der Waals surface area contributed by atoms with E-state index in [1.54, 1.807) is 20.8 Å². The number of carbonyl (C=O) groups is 2. The van der Waals surface area contributed by atoms with E-state index in [2.05, 4.69) is 5.32 Å². The number of carbonyl (C=O) groups excluding carboxylic acids is 2. The molecule has 1 N–H and O–H groups in total. The van der Waals surface area contributed by atoms with E-state index < -0.39 is 34.5 Å². The maximum atomic E-state index is 11.3. The first-order valence-corrected chi connectivity index (χ1v) is 6.85. The third-order valence-corrected chi connectivity index (χ3v) is 2.48. The van der Waals surface area contributed by atoms with Gasteiger partial charge in [0.25, 0.3) is 0 Å². The number of carboxylic acid groups (broad SMARTS) is 1. The van der Waals surface area contributed by atoms with Crippen LogP contribution >= 0.6 is 0 Å². The monoisotopic (exact) mass is 264 g/mol. The summed E-state index contributed by atoms with van der Waals surface area (Å²) in [7, 11) is -1.12. The number of hydrogen-bond acceptors (Lipinski definition) is 5. The average molecular weight is 264 g/mol. The Labute approximate surface area is 103 Å². The number of aliphatic carboxylic acids is 1. The molecule has 0 unspecified atom stereocenters. The highest BCUT2D eigenvalue weighted by Gasteiger charge is 2.20. The minimum atomic E-state index is -1.42. The summed E-state index contributed by atoms with van der Waals surface area (Å²) in [6.45, 7) is 5.01. The fourth-order valence-electron chi connectivity index (χ4n) is 0.983. The van der Waals surface area contributed by atoms with E-state index in [1.807, 2.05) is 0 Å². The van der Waals surface area contributed by atoms with E-state index in [0.717, 1.165) is 0 Å². The first kappa shape index (κ1) is 15.9. The summed E-state index contributed by atoms with van der Waals surface area (Å²) in [5.74, 6) is -1.24. The van der Waals surface area contributed by atoms with Gasteiger partial charge in [-0.3, -0.25) is 4.21 Å². The van der Waals surface area contributed by atoms with Crippen molar-refractivity contribution in [2.24, 2.45) is 0 Å². The zero-order valence-corrected chi connectivity index (χ0v) is 11.3. The van der Waals surface area contributed by atoms with Gasteiger partial charge in [-0.15, -0.1) is 0 Å². The Morgan fingerprint density at radius 2 is 1.94 bits per heavy atom. The van der Waals surface area contributed by atoms with Crippen molar-refractivity contribution >= 4 is 22.9 Å². The molecule has 100 valence electrons. The predicted molar refractivity (Wildman–Crippen MR) is 61.7 cm³/mol. The summed E-state index contributed by atoms with van der Waals surface area (Å²) in [5.41, 5.74) is -0.700. The Balaban J connectivity index is 4.30. The fraction of sp³-hybridized carbons (Fsp3) is 0.800. The van der Waals surface area contributed by atoms with Gasteiger partial charge >= 0.3 is 6.09 Å². The Hall–Kier alpha value is -1.11. The van der Waals surface area contributed by atoms with E-state index in [4.69, 9.17) is 4.74 Å². The summed E-state index contributed by atoms with van der Waals surface area (Å²) in [5, 5.41) is 12.9. The lowest BCUT2D eigenvalue weighted by Crippen LogP contribution is -2.49. The van der Waals surface area contributed by atoms with Gasteiger partial charge in [0.1, 0.15) is 5.60 Å². The summed E-state index contributed by atoms with van der Waals surface area (Å²) < 4.78 is 15.7. The molecule has 0 aromatic carbocycles. The highest BCUT2D eigenvalue weighted by atomic mass is 32.2. The zero-order chi connectivity index (χ0) is 13.6. The Kier molecular flexibility index (Phi) is 6.15. The number of nitrogens with one attached hydrogen (secondary N) is 1. The Morgan fingerprint density at radius 1 is 1.41 bits per heavy atom. The molecule has 0 aliphatic carbocycles. The fourth-order valence-corrected chi connectivity index (χ4v) is 1.55. The highest BCUT2D eigenvalue weighted by molar-refractivity contribution is 7.84. The summed E-state index contributed by atoms with van der Waals surface area (Å²) in [6, 6.07) is -1.19. The summed E-state index contributed by atoms with van der Waals surface area (Å²) >= 11 is 0. The number of alkyl carbamates (subject to hydrolysis) is 1. The van der Waals surface area contributed by atoms with Crippen LogP contribution in [0.4, 0.5) is 4.79 Å². The molecular weight excluding hydrogens is 246 g/mol. The molecule has 7 heteroatoms. The molecule has 0 aliphatic rings. The molecule has 0 bridgehead atoms. The number of rotatable bonds is 5. The van der Waals surface area contributed by atoms with Crippen molar-refractivity contribution in [2.75, 3.05) is 12.0 Å². The second kappa shape index (κ2) is 6.58. The third-order valence-electron chi connectivity index (χ3n) is 1.67. The summed E-state index contributed by atoms with van der Waals surface area (Å²) in [4.78, 5) is 22.1. The molecule has 1 amide bonds. The van der Waals surface area contributed by atoms with E-state index in [1.165, 1.54) is 6.26 Å². The second-order valence-electron chi connectivity index (χ2n) is 4.58. The number of amides is 1. The van der Waals surface area contributed by atoms with Crippen LogP contribution in [0.25, 0.3) is 0 Å². The van der Waals surface area contributed by atoms with Gasteiger partial charge in [0.05, 0.1) is 12.0 Å². The smallest absolute Gasteiger partial charge is 0.408 e. The minimum Gasteiger partial charge on any atom is -0.548 e. The van der Waals surface area contributed by atoms with Gasteiger partial charge < -0.3 is 20.0 Å². The second-order valence-corrected chi connectivity index (χ2v) is 6.14. The van der Waals surface area contributed by atoms with Crippen molar-refractivity contribution in [2.45, 2.75) is 38.8 Å². The van der Waals surface area contributed by atoms with Gasteiger partial charge in [0.15, 0.2) is 0 Å². The predicted octanol–water partition coefficient (Wildman–Crippen LogP) is -0.602. The molecule has 0 radical (unpaired) electrons. The first-order chi connectivity index (χ1) is 7.61. The Morgan fingerprint density at radius 3 is 2.29 bits per heavy atom. The summed E-state index contributed by atoms with van der Waals surface area (Å²) in [6.07, 6.45) is 0.679. The van der Waals surface area contributed by atoms with Crippen LogP contribution in [0.2, 0.25) is 0 Å². The van der Waals surface area contributed by atoms with Crippen molar-refractivity contribution in [1.82, 2.24) is 5.32 Å². The number of ether oxygens (including phenoxy) is 1. The van der Waals surface area contributed by atoms with Crippen LogP contribution in [-0.2, 0) is 20.3 Å². The lowest BCUT2D eigenvalue weighted by Gasteiger charge is -2.24. The van der Waals surface area contributed by atoms with Gasteiger partial charge in [0.2, 0.25) is 0 Å². The number of hydrogen-bond donors (Lipinski definition) is 1. The molecule has 0 heterocycles. The topological polar surface area (TPSA) is 95.5 Å². The first-order valence-electron chi connectivity index (χ1n) is 5.12. The van der Waals surface area contributed by atoms with Crippen LogP contribution in [-0.4, -0.2) is 39.9 Å². The highest BCUT2D eigenvalue weighted by Crippen LogP contribution is 2.07. The lowest BCUT2D eigenvalue weighted by molar-refractivity contribution is -0.308. The molecule has 0 aliphatic heterocycles. The molecular formula is C10H18NO5S-. The van der Waals surface area contributed by atoms with Gasteiger partial charge in [-0.2, -0.15) is 0 Å². The van der Waals surface area contributed by atoms with Crippen LogP contribution in [0.1, 0.15) is 27.2 Å². The normalized spacial score (nSPS) is 14.8. The van der Waals surface area contributed by atoms with Crippen molar-refractivity contribution in [3.8, 4) is 0 Å². The largest absolute Gasteiger partial charge is 0.548 e. The molecule has 0 aromatic heterocycles.